The number of hydrogen-bond acceptors (Lipinski definition) is 3. The van der Waals surface area contributed by atoms with Crippen molar-refractivity contribution in [3.63, 3.8) is 0 Å². The molecule has 0 aliphatic carbocycles. The van der Waals surface area contributed by atoms with Crippen LogP contribution in [0.5, 0.6) is 5.75 Å². The summed E-state index contributed by atoms with van der Waals surface area (Å²) in [5, 5.41) is 9.72. The molecule has 1 aliphatic heterocycles. The van der Waals surface area contributed by atoms with Crippen molar-refractivity contribution in [3.05, 3.63) is 65.2 Å². The first-order valence-electron chi connectivity index (χ1n) is 7.87. The van der Waals surface area contributed by atoms with E-state index in [2.05, 4.69) is 73.0 Å². The van der Waals surface area contributed by atoms with Crippen LogP contribution in [0.2, 0.25) is 0 Å². The summed E-state index contributed by atoms with van der Waals surface area (Å²) in [6, 6.07) is 17.1. The largest absolute Gasteiger partial charge is 0.496 e. The van der Waals surface area contributed by atoms with Crippen LogP contribution in [-0.2, 0) is 0 Å². The van der Waals surface area contributed by atoms with E-state index in [1.165, 1.54) is 38.8 Å². The Morgan fingerprint density at radius 3 is 2.17 bits per heavy atom. The molecule has 0 spiro atoms. The summed E-state index contributed by atoms with van der Waals surface area (Å²) in [5.41, 5.74) is 5.93. The summed E-state index contributed by atoms with van der Waals surface area (Å²) in [5.74, 6) is 0.931. The van der Waals surface area contributed by atoms with Gasteiger partial charge in [-0.15, -0.1) is 0 Å². The van der Waals surface area contributed by atoms with Crippen LogP contribution >= 0.6 is 0 Å². The SMILES string of the molecule is COc1cc(C2Nc3cccc4cccc(c34)N2)cc(C)c1C. The topological polar surface area (TPSA) is 33.3 Å². The third-order valence-electron chi connectivity index (χ3n) is 4.70. The lowest BCUT2D eigenvalue weighted by Crippen LogP contribution is -2.23. The zero-order valence-corrected chi connectivity index (χ0v) is 13.6. The first-order chi connectivity index (χ1) is 11.2. The van der Waals surface area contributed by atoms with Crippen LogP contribution in [0.3, 0.4) is 0 Å². The Morgan fingerprint density at radius 1 is 0.913 bits per heavy atom. The maximum absolute atomic E-state index is 5.53. The van der Waals surface area contributed by atoms with Gasteiger partial charge in [-0.3, -0.25) is 0 Å². The van der Waals surface area contributed by atoms with Crippen molar-refractivity contribution in [2.45, 2.75) is 20.0 Å². The molecule has 0 atom stereocenters. The smallest absolute Gasteiger partial charge is 0.123 e. The average Bonchev–Trinajstić information content (AvgIpc) is 2.57. The lowest BCUT2D eigenvalue weighted by Gasteiger charge is -2.30. The Labute approximate surface area is 136 Å². The van der Waals surface area contributed by atoms with Crippen molar-refractivity contribution in [2.75, 3.05) is 17.7 Å². The Balaban J connectivity index is 1.80. The van der Waals surface area contributed by atoms with Crippen molar-refractivity contribution in [1.29, 1.82) is 0 Å². The maximum Gasteiger partial charge on any atom is 0.123 e. The van der Waals surface area contributed by atoms with Gasteiger partial charge in [0, 0.05) is 16.8 Å². The molecular weight excluding hydrogens is 284 g/mol. The summed E-state index contributed by atoms with van der Waals surface area (Å²) < 4.78 is 5.53. The van der Waals surface area contributed by atoms with E-state index in [0.717, 1.165) is 5.75 Å². The zero-order valence-electron chi connectivity index (χ0n) is 13.6. The summed E-state index contributed by atoms with van der Waals surface area (Å²) in [6.07, 6.45) is 0.0312. The van der Waals surface area contributed by atoms with Crippen molar-refractivity contribution in [3.8, 4) is 5.75 Å². The van der Waals surface area contributed by atoms with Crippen LogP contribution in [0, 0.1) is 13.8 Å². The van der Waals surface area contributed by atoms with Gasteiger partial charge >= 0.3 is 0 Å². The fourth-order valence-electron chi connectivity index (χ4n) is 3.33. The second-order valence-corrected chi connectivity index (χ2v) is 6.10. The molecule has 0 fully saturated rings. The van der Waals surface area contributed by atoms with E-state index in [0.29, 0.717) is 0 Å². The van der Waals surface area contributed by atoms with Crippen molar-refractivity contribution >= 4 is 22.1 Å². The predicted octanol–water partition coefficient (Wildman–Crippen LogP) is 5.00. The number of aryl methyl sites for hydroxylation is 1. The molecule has 0 unspecified atom stereocenters. The quantitative estimate of drug-likeness (QED) is 0.699. The van der Waals surface area contributed by atoms with E-state index in [-0.39, 0.29) is 6.17 Å². The van der Waals surface area contributed by atoms with Crippen LogP contribution in [0.15, 0.2) is 48.5 Å². The number of hydrogen-bond donors (Lipinski definition) is 2. The molecule has 3 aromatic rings. The average molecular weight is 304 g/mol. The third kappa shape index (κ3) is 2.20. The van der Waals surface area contributed by atoms with Gasteiger partial charge in [-0.25, -0.2) is 0 Å². The van der Waals surface area contributed by atoms with Crippen molar-refractivity contribution in [1.82, 2.24) is 0 Å². The summed E-state index contributed by atoms with van der Waals surface area (Å²) in [6.45, 7) is 4.22. The van der Waals surface area contributed by atoms with Crippen molar-refractivity contribution in [2.24, 2.45) is 0 Å². The van der Waals surface area contributed by atoms with E-state index in [1.807, 2.05) is 0 Å². The number of ether oxygens (including phenoxy) is 1. The normalized spacial score (nSPS) is 13.5. The van der Waals surface area contributed by atoms with Gasteiger partial charge in [0.05, 0.1) is 7.11 Å². The van der Waals surface area contributed by atoms with Gasteiger partial charge in [-0.1, -0.05) is 30.3 Å². The molecule has 0 amide bonds. The molecule has 1 heterocycles. The van der Waals surface area contributed by atoms with Gasteiger partial charge in [0.2, 0.25) is 0 Å². The highest BCUT2D eigenvalue weighted by Crippen LogP contribution is 2.39. The van der Waals surface area contributed by atoms with Crippen LogP contribution in [-0.4, -0.2) is 7.11 Å². The van der Waals surface area contributed by atoms with Gasteiger partial charge in [0.25, 0.3) is 0 Å². The molecule has 0 saturated carbocycles. The molecular formula is C20H20N2O. The Bertz CT molecular complexity index is 861. The Morgan fingerprint density at radius 2 is 1.57 bits per heavy atom. The second-order valence-electron chi connectivity index (χ2n) is 6.10. The minimum absolute atomic E-state index is 0.0312. The lowest BCUT2D eigenvalue weighted by molar-refractivity contribution is 0.410. The van der Waals surface area contributed by atoms with E-state index in [1.54, 1.807) is 7.11 Å². The lowest BCUT2D eigenvalue weighted by atomic mass is 9.99. The van der Waals surface area contributed by atoms with Gasteiger partial charge in [-0.2, -0.15) is 0 Å². The molecule has 0 radical (unpaired) electrons. The number of methoxy groups -OCH3 is 1. The molecule has 2 N–H and O–H groups in total. The van der Waals surface area contributed by atoms with Crippen LogP contribution in [0.4, 0.5) is 11.4 Å². The van der Waals surface area contributed by atoms with Gasteiger partial charge in [0.1, 0.15) is 11.9 Å². The van der Waals surface area contributed by atoms with Crippen LogP contribution < -0.4 is 15.4 Å². The van der Waals surface area contributed by atoms with Gasteiger partial charge < -0.3 is 15.4 Å². The number of benzene rings is 3. The second kappa shape index (κ2) is 5.20. The highest BCUT2D eigenvalue weighted by Gasteiger charge is 2.21. The highest BCUT2D eigenvalue weighted by atomic mass is 16.5. The number of rotatable bonds is 2. The molecule has 0 bridgehead atoms. The summed E-state index contributed by atoms with van der Waals surface area (Å²) in [4.78, 5) is 0. The fourth-order valence-corrected chi connectivity index (χ4v) is 3.33. The van der Waals surface area contributed by atoms with E-state index in [4.69, 9.17) is 4.74 Å². The molecule has 4 rings (SSSR count). The van der Waals surface area contributed by atoms with E-state index >= 15 is 0 Å². The minimum atomic E-state index is 0.0312. The molecule has 1 aliphatic rings. The molecule has 3 nitrogen and oxygen atoms in total. The molecule has 0 saturated heterocycles. The van der Waals surface area contributed by atoms with E-state index < -0.39 is 0 Å². The molecule has 116 valence electrons. The molecule has 3 heteroatoms. The van der Waals surface area contributed by atoms with Crippen LogP contribution in [0.25, 0.3) is 10.8 Å². The summed E-state index contributed by atoms with van der Waals surface area (Å²) >= 11 is 0. The first kappa shape index (κ1) is 13.9. The maximum atomic E-state index is 5.53. The Hall–Kier alpha value is -2.68. The predicted molar refractivity (Wildman–Crippen MR) is 96.4 cm³/mol. The van der Waals surface area contributed by atoms with E-state index in [9.17, 15) is 0 Å². The molecule has 3 aromatic carbocycles. The van der Waals surface area contributed by atoms with Gasteiger partial charge in [-0.05, 0) is 54.1 Å². The summed E-state index contributed by atoms with van der Waals surface area (Å²) in [7, 11) is 1.73. The zero-order chi connectivity index (χ0) is 16.0. The minimum Gasteiger partial charge on any atom is -0.496 e. The molecule has 23 heavy (non-hydrogen) atoms. The fraction of sp³-hybridized carbons (Fsp3) is 0.200. The standard InChI is InChI=1S/C20H20N2O/c1-12-10-15(11-18(23-3)13(12)2)20-21-16-8-4-6-14-7-5-9-17(22-20)19(14)16/h4-11,20-22H,1-3H3. The monoisotopic (exact) mass is 304 g/mol. The molecule has 0 aromatic heterocycles. The van der Waals surface area contributed by atoms with Gasteiger partial charge in [0.15, 0.2) is 0 Å². The third-order valence-corrected chi connectivity index (χ3v) is 4.70. The van der Waals surface area contributed by atoms with Crippen molar-refractivity contribution < 1.29 is 4.74 Å². The number of anilines is 2. The Kier molecular flexibility index (Phi) is 3.15. The van der Waals surface area contributed by atoms with Crippen LogP contribution in [0.1, 0.15) is 22.9 Å². The highest BCUT2D eigenvalue weighted by molar-refractivity contribution is 6.04. The number of nitrogens with one attached hydrogen (secondary N) is 2. The first-order valence-corrected chi connectivity index (χ1v) is 7.87.